The molecular formula is C17H20ClFN6. The molecule has 2 aromatic rings. The minimum absolute atomic E-state index is 0.200. The van der Waals surface area contributed by atoms with Gasteiger partial charge in [-0.1, -0.05) is 25.3 Å². The highest BCUT2D eigenvalue weighted by Crippen LogP contribution is 2.23. The van der Waals surface area contributed by atoms with Gasteiger partial charge in [0, 0.05) is 23.0 Å². The Balaban J connectivity index is 1.73. The molecule has 1 atom stereocenters. The number of fused-ring (bicyclic) bond motifs is 1. The zero-order valence-corrected chi connectivity index (χ0v) is 14.5. The van der Waals surface area contributed by atoms with E-state index in [2.05, 4.69) is 20.3 Å². The molecule has 1 saturated carbocycles. The molecular weight excluding hydrogens is 343 g/mol. The number of hydrogen-bond acceptors (Lipinski definition) is 5. The third-order valence-corrected chi connectivity index (χ3v) is 5.00. The van der Waals surface area contributed by atoms with Crippen LogP contribution in [-0.4, -0.2) is 32.6 Å². The maximum atomic E-state index is 14.2. The first-order chi connectivity index (χ1) is 12.1. The fraction of sp³-hybridized carbons (Fsp3) is 0.471. The molecule has 2 aliphatic rings. The Morgan fingerprint density at radius 3 is 2.88 bits per heavy atom. The van der Waals surface area contributed by atoms with Crippen LogP contribution in [0.15, 0.2) is 17.4 Å². The fourth-order valence-corrected chi connectivity index (χ4v) is 3.68. The lowest BCUT2D eigenvalue weighted by Crippen LogP contribution is -2.38. The predicted molar refractivity (Wildman–Crippen MR) is 95.8 cm³/mol. The minimum atomic E-state index is -0.445. The Kier molecular flexibility index (Phi) is 4.33. The number of halogens is 2. The lowest BCUT2D eigenvalue weighted by Gasteiger charge is -2.23. The molecule has 132 valence electrons. The SMILES string of the molecule is Nn1cc(-c2ncc(F)c(NC3CCCCC3)n2)c2c1=NCC(Cl)C=2. The molecule has 1 aliphatic carbocycles. The van der Waals surface area contributed by atoms with E-state index in [1.54, 1.807) is 6.20 Å². The molecule has 3 heterocycles. The number of nitrogens with two attached hydrogens (primary N) is 1. The molecule has 0 aromatic carbocycles. The summed E-state index contributed by atoms with van der Waals surface area (Å²) in [5, 5.41) is 3.83. The van der Waals surface area contributed by atoms with Crippen molar-refractivity contribution in [2.24, 2.45) is 4.99 Å². The predicted octanol–water partition coefficient (Wildman–Crippen LogP) is 1.56. The van der Waals surface area contributed by atoms with Crippen LogP contribution in [0.25, 0.3) is 17.5 Å². The van der Waals surface area contributed by atoms with Gasteiger partial charge >= 0.3 is 0 Å². The van der Waals surface area contributed by atoms with Crippen molar-refractivity contribution in [3.8, 4) is 11.4 Å². The standard InChI is InChI=1S/C17H20ClFN6/c18-10-6-12-13(9-25(20)17(12)22-7-10)15-21-8-14(19)16(24-15)23-11-4-2-1-3-5-11/h6,8-11H,1-5,7,20H2,(H,21,23,24). The number of nitrogen functional groups attached to an aromatic ring is 1. The number of hydrogen-bond donors (Lipinski definition) is 2. The van der Waals surface area contributed by atoms with Gasteiger partial charge in [0.1, 0.15) is 0 Å². The normalized spacial score (nSPS) is 20.5. The van der Waals surface area contributed by atoms with E-state index in [1.165, 1.54) is 17.3 Å². The Morgan fingerprint density at radius 2 is 2.08 bits per heavy atom. The van der Waals surface area contributed by atoms with Gasteiger partial charge in [-0.2, -0.15) is 0 Å². The van der Waals surface area contributed by atoms with E-state index in [1.807, 2.05) is 6.08 Å². The Labute approximate surface area is 149 Å². The first-order valence-corrected chi connectivity index (χ1v) is 9.02. The molecule has 1 unspecified atom stereocenters. The smallest absolute Gasteiger partial charge is 0.183 e. The lowest BCUT2D eigenvalue weighted by atomic mass is 9.95. The molecule has 1 aliphatic heterocycles. The molecule has 6 nitrogen and oxygen atoms in total. The van der Waals surface area contributed by atoms with Gasteiger partial charge in [0.15, 0.2) is 22.9 Å². The summed E-state index contributed by atoms with van der Waals surface area (Å²) in [6, 6.07) is 0.257. The van der Waals surface area contributed by atoms with E-state index in [0.29, 0.717) is 23.4 Å². The molecule has 2 aromatic heterocycles. The van der Waals surface area contributed by atoms with Crippen molar-refractivity contribution < 1.29 is 4.39 Å². The summed E-state index contributed by atoms with van der Waals surface area (Å²) in [6.07, 6.45) is 10.4. The largest absolute Gasteiger partial charge is 0.365 e. The van der Waals surface area contributed by atoms with Crippen LogP contribution in [0.4, 0.5) is 10.2 Å². The van der Waals surface area contributed by atoms with Crippen LogP contribution in [0, 0.1) is 5.82 Å². The zero-order valence-electron chi connectivity index (χ0n) is 13.8. The van der Waals surface area contributed by atoms with E-state index in [4.69, 9.17) is 17.4 Å². The second kappa shape index (κ2) is 6.63. The number of alkyl halides is 1. The summed E-state index contributed by atoms with van der Waals surface area (Å²) in [7, 11) is 0. The van der Waals surface area contributed by atoms with Gasteiger partial charge in [-0.3, -0.25) is 9.67 Å². The van der Waals surface area contributed by atoms with Crippen LogP contribution in [-0.2, 0) is 0 Å². The Bertz CT molecular complexity index is 903. The van der Waals surface area contributed by atoms with Crippen molar-refractivity contribution >= 4 is 23.5 Å². The zero-order chi connectivity index (χ0) is 17.4. The monoisotopic (exact) mass is 362 g/mol. The lowest BCUT2D eigenvalue weighted by molar-refractivity contribution is 0.459. The van der Waals surface area contributed by atoms with E-state index in [0.717, 1.165) is 30.9 Å². The van der Waals surface area contributed by atoms with E-state index < -0.39 is 5.82 Å². The van der Waals surface area contributed by atoms with E-state index in [9.17, 15) is 4.39 Å². The topological polar surface area (TPSA) is 81.1 Å². The molecule has 0 spiro atoms. The van der Waals surface area contributed by atoms with Gasteiger partial charge in [-0.25, -0.2) is 14.4 Å². The third kappa shape index (κ3) is 3.20. The summed E-state index contributed by atoms with van der Waals surface area (Å²) in [5.41, 5.74) is 1.35. The molecule has 0 radical (unpaired) electrons. The molecule has 0 bridgehead atoms. The highest BCUT2D eigenvalue weighted by atomic mass is 35.5. The third-order valence-electron chi connectivity index (χ3n) is 4.74. The summed E-state index contributed by atoms with van der Waals surface area (Å²) in [6.45, 7) is 0.480. The van der Waals surface area contributed by atoms with Crippen molar-refractivity contribution in [1.82, 2.24) is 14.6 Å². The van der Waals surface area contributed by atoms with Gasteiger partial charge < -0.3 is 11.2 Å². The highest BCUT2D eigenvalue weighted by Gasteiger charge is 2.19. The van der Waals surface area contributed by atoms with Gasteiger partial charge in [0.05, 0.1) is 18.1 Å². The molecule has 4 rings (SSSR count). The molecule has 3 N–H and O–H groups in total. The van der Waals surface area contributed by atoms with Crippen molar-refractivity contribution in [3.63, 3.8) is 0 Å². The Morgan fingerprint density at radius 1 is 1.28 bits per heavy atom. The molecule has 8 heteroatoms. The average Bonchev–Trinajstić information content (AvgIpc) is 2.94. The van der Waals surface area contributed by atoms with Crippen molar-refractivity contribution in [2.75, 3.05) is 17.7 Å². The summed E-state index contributed by atoms with van der Waals surface area (Å²) in [5.74, 6) is 6.19. The number of nitrogens with one attached hydrogen (secondary N) is 1. The Hall–Kier alpha value is -2.15. The molecule has 25 heavy (non-hydrogen) atoms. The first-order valence-electron chi connectivity index (χ1n) is 8.58. The van der Waals surface area contributed by atoms with Gasteiger partial charge in [0.2, 0.25) is 0 Å². The van der Waals surface area contributed by atoms with Crippen molar-refractivity contribution in [2.45, 2.75) is 43.5 Å². The molecule has 1 fully saturated rings. The number of nitrogens with zero attached hydrogens (tertiary/aromatic N) is 4. The molecule has 0 amide bonds. The van der Waals surface area contributed by atoms with Gasteiger partial charge in [0.25, 0.3) is 0 Å². The van der Waals surface area contributed by atoms with Crippen LogP contribution < -0.4 is 21.9 Å². The van der Waals surface area contributed by atoms with Crippen LogP contribution in [0.1, 0.15) is 32.1 Å². The van der Waals surface area contributed by atoms with E-state index >= 15 is 0 Å². The molecule has 0 saturated heterocycles. The number of rotatable bonds is 3. The van der Waals surface area contributed by atoms with E-state index in [-0.39, 0.29) is 17.2 Å². The second-order valence-corrected chi connectivity index (χ2v) is 7.14. The summed E-state index contributed by atoms with van der Waals surface area (Å²) < 4.78 is 15.6. The van der Waals surface area contributed by atoms with Crippen LogP contribution >= 0.6 is 11.6 Å². The summed E-state index contributed by atoms with van der Waals surface area (Å²) >= 11 is 6.19. The highest BCUT2D eigenvalue weighted by molar-refractivity contribution is 6.24. The van der Waals surface area contributed by atoms with Gasteiger partial charge in [-0.05, 0) is 12.8 Å². The van der Waals surface area contributed by atoms with Crippen molar-refractivity contribution in [3.05, 3.63) is 28.9 Å². The number of aromatic nitrogens is 3. The summed E-state index contributed by atoms with van der Waals surface area (Å²) in [4.78, 5) is 12.9. The van der Waals surface area contributed by atoms with Crippen LogP contribution in [0.2, 0.25) is 0 Å². The van der Waals surface area contributed by atoms with Crippen molar-refractivity contribution in [1.29, 1.82) is 0 Å². The minimum Gasteiger partial charge on any atom is -0.365 e. The maximum absolute atomic E-state index is 14.2. The van der Waals surface area contributed by atoms with Crippen LogP contribution in [0.5, 0.6) is 0 Å². The maximum Gasteiger partial charge on any atom is 0.183 e. The quantitative estimate of drug-likeness (QED) is 0.641. The van der Waals surface area contributed by atoms with Crippen LogP contribution in [0.3, 0.4) is 0 Å². The average molecular weight is 363 g/mol. The first kappa shape index (κ1) is 16.3. The fourth-order valence-electron chi connectivity index (χ4n) is 3.48. The second-order valence-electron chi connectivity index (χ2n) is 6.58. The van der Waals surface area contributed by atoms with Gasteiger partial charge in [-0.15, -0.1) is 11.6 Å². The number of anilines is 1.